The highest BCUT2D eigenvalue weighted by atomic mass is 35.5. The van der Waals surface area contributed by atoms with Gasteiger partial charge in [-0.1, -0.05) is 41.4 Å². The number of rotatable bonds is 9. The van der Waals surface area contributed by atoms with E-state index in [0.717, 1.165) is 11.1 Å². The van der Waals surface area contributed by atoms with Gasteiger partial charge < -0.3 is 24.3 Å². The number of nitrogens with one attached hydrogen (secondary N) is 1. The van der Waals surface area contributed by atoms with E-state index in [0.29, 0.717) is 35.2 Å². The Bertz CT molecular complexity index is 1170. The lowest BCUT2D eigenvalue weighted by Crippen LogP contribution is -2.21. The van der Waals surface area contributed by atoms with Crippen LogP contribution in [-0.4, -0.2) is 49.6 Å². The number of hydrogen-bond acceptors (Lipinski definition) is 7. The quantitative estimate of drug-likeness (QED) is 0.455. The minimum atomic E-state index is -0.738. The summed E-state index contributed by atoms with van der Waals surface area (Å²) in [4.78, 5) is 25.0. The summed E-state index contributed by atoms with van der Waals surface area (Å²) in [5, 5.41) is 7.12. The Morgan fingerprint density at radius 3 is 2.18 bits per heavy atom. The standard InChI is InChI=1S/C24H26ClN3O6/c1-14-6-8-16(9-7-14)12-28-23(25)21(15(2)27-28)24(30)34-13-20(29)26-17-10-18(31-3)22(33-5)19(11-17)32-4/h6-11H,12-13H2,1-5H3,(H,26,29). The van der Waals surface area contributed by atoms with Crippen LogP contribution in [-0.2, 0) is 16.1 Å². The molecule has 1 amide bonds. The van der Waals surface area contributed by atoms with Crippen molar-refractivity contribution in [3.8, 4) is 17.2 Å². The number of hydrogen-bond donors (Lipinski definition) is 1. The van der Waals surface area contributed by atoms with Gasteiger partial charge in [0.15, 0.2) is 18.1 Å². The first-order chi connectivity index (χ1) is 16.3. The van der Waals surface area contributed by atoms with Gasteiger partial charge in [0.2, 0.25) is 5.75 Å². The highest BCUT2D eigenvalue weighted by Crippen LogP contribution is 2.39. The zero-order chi connectivity index (χ0) is 24.8. The largest absolute Gasteiger partial charge is 0.493 e. The highest BCUT2D eigenvalue weighted by Gasteiger charge is 2.23. The maximum Gasteiger partial charge on any atom is 0.343 e. The molecule has 2 aromatic carbocycles. The van der Waals surface area contributed by atoms with Gasteiger partial charge in [0, 0.05) is 17.8 Å². The molecule has 1 N–H and O–H groups in total. The maximum absolute atomic E-state index is 12.6. The summed E-state index contributed by atoms with van der Waals surface area (Å²) in [5.74, 6) is -0.154. The molecule has 0 spiro atoms. The first kappa shape index (κ1) is 24.9. The van der Waals surface area contributed by atoms with Gasteiger partial charge in [-0.15, -0.1) is 0 Å². The van der Waals surface area contributed by atoms with Gasteiger partial charge in [0.1, 0.15) is 10.7 Å². The minimum Gasteiger partial charge on any atom is -0.493 e. The van der Waals surface area contributed by atoms with Crippen molar-refractivity contribution in [1.82, 2.24) is 9.78 Å². The topological polar surface area (TPSA) is 101 Å². The molecule has 9 nitrogen and oxygen atoms in total. The average Bonchev–Trinajstić information content (AvgIpc) is 3.10. The molecule has 34 heavy (non-hydrogen) atoms. The molecule has 0 unspecified atom stereocenters. The predicted molar refractivity (Wildman–Crippen MR) is 127 cm³/mol. The molecule has 180 valence electrons. The van der Waals surface area contributed by atoms with Crippen LogP contribution in [0, 0.1) is 13.8 Å². The van der Waals surface area contributed by atoms with Crippen molar-refractivity contribution in [2.75, 3.05) is 33.3 Å². The molecule has 10 heteroatoms. The normalized spacial score (nSPS) is 10.5. The molecule has 1 heterocycles. The number of aromatic nitrogens is 2. The van der Waals surface area contributed by atoms with E-state index in [1.165, 1.54) is 26.0 Å². The van der Waals surface area contributed by atoms with Crippen LogP contribution in [0.2, 0.25) is 5.15 Å². The Labute approximate surface area is 202 Å². The number of carbonyl (C=O) groups excluding carboxylic acids is 2. The molecule has 3 aromatic rings. The lowest BCUT2D eigenvalue weighted by Gasteiger charge is -2.14. The smallest absolute Gasteiger partial charge is 0.343 e. The van der Waals surface area contributed by atoms with Crippen molar-refractivity contribution in [2.45, 2.75) is 20.4 Å². The monoisotopic (exact) mass is 487 g/mol. The molecule has 0 aliphatic rings. The second-order valence-corrected chi connectivity index (χ2v) is 7.79. The van der Waals surface area contributed by atoms with Crippen LogP contribution in [0.3, 0.4) is 0 Å². The maximum atomic E-state index is 12.6. The third kappa shape index (κ3) is 5.60. The average molecular weight is 488 g/mol. The molecule has 0 atom stereocenters. The third-order valence-corrected chi connectivity index (χ3v) is 5.39. The van der Waals surface area contributed by atoms with Crippen LogP contribution in [0.25, 0.3) is 0 Å². The number of nitrogens with zero attached hydrogens (tertiary/aromatic N) is 2. The van der Waals surface area contributed by atoms with Gasteiger partial charge in [-0.2, -0.15) is 5.10 Å². The number of aryl methyl sites for hydroxylation is 2. The van der Waals surface area contributed by atoms with Crippen LogP contribution in [0.15, 0.2) is 36.4 Å². The van der Waals surface area contributed by atoms with Crippen LogP contribution >= 0.6 is 11.6 Å². The molecular weight excluding hydrogens is 462 g/mol. The predicted octanol–water partition coefficient (Wildman–Crippen LogP) is 4.02. The zero-order valence-corrected chi connectivity index (χ0v) is 20.4. The Kier molecular flexibility index (Phi) is 8.01. The number of ether oxygens (including phenoxy) is 4. The van der Waals surface area contributed by atoms with Gasteiger partial charge in [0.25, 0.3) is 5.91 Å². The Balaban J connectivity index is 1.66. The molecule has 0 aliphatic carbocycles. The Hall–Kier alpha value is -3.72. The highest BCUT2D eigenvalue weighted by molar-refractivity contribution is 6.32. The van der Waals surface area contributed by atoms with E-state index in [1.54, 1.807) is 19.1 Å². The second-order valence-electron chi connectivity index (χ2n) is 7.43. The van der Waals surface area contributed by atoms with Crippen molar-refractivity contribution in [1.29, 1.82) is 0 Å². The van der Waals surface area contributed by atoms with Crippen molar-refractivity contribution >= 4 is 29.2 Å². The lowest BCUT2D eigenvalue weighted by atomic mass is 10.1. The molecule has 0 fully saturated rings. The summed E-state index contributed by atoms with van der Waals surface area (Å²) >= 11 is 6.41. The number of amides is 1. The molecule has 0 radical (unpaired) electrons. The summed E-state index contributed by atoms with van der Waals surface area (Å²) < 4.78 is 22.5. The number of anilines is 1. The number of benzene rings is 2. The fourth-order valence-corrected chi connectivity index (χ4v) is 3.62. The van der Waals surface area contributed by atoms with Gasteiger partial charge in [-0.3, -0.25) is 4.79 Å². The van der Waals surface area contributed by atoms with Gasteiger partial charge in [-0.25, -0.2) is 9.48 Å². The van der Waals surface area contributed by atoms with E-state index < -0.39 is 18.5 Å². The zero-order valence-electron chi connectivity index (χ0n) is 19.6. The van der Waals surface area contributed by atoms with E-state index in [1.807, 2.05) is 31.2 Å². The van der Waals surface area contributed by atoms with E-state index in [2.05, 4.69) is 10.4 Å². The molecule has 0 aliphatic heterocycles. The lowest BCUT2D eigenvalue weighted by molar-refractivity contribution is -0.119. The summed E-state index contributed by atoms with van der Waals surface area (Å²) in [5.41, 5.74) is 3.04. The van der Waals surface area contributed by atoms with Crippen LogP contribution < -0.4 is 19.5 Å². The fraction of sp³-hybridized carbons (Fsp3) is 0.292. The van der Waals surface area contributed by atoms with Crippen molar-refractivity contribution in [3.63, 3.8) is 0 Å². The number of carbonyl (C=O) groups is 2. The van der Waals surface area contributed by atoms with Gasteiger partial charge >= 0.3 is 5.97 Å². The van der Waals surface area contributed by atoms with Crippen LogP contribution in [0.4, 0.5) is 5.69 Å². The molecule has 0 saturated heterocycles. The van der Waals surface area contributed by atoms with Crippen LogP contribution in [0.5, 0.6) is 17.2 Å². The summed E-state index contributed by atoms with van der Waals surface area (Å²) in [6, 6.07) is 11.0. The molecule has 0 bridgehead atoms. The molecular formula is C24H26ClN3O6. The van der Waals surface area contributed by atoms with Crippen molar-refractivity contribution < 1.29 is 28.5 Å². The molecule has 3 rings (SSSR count). The SMILES string of the molecule is COc1cc(NC(=O)COC(=O)c2c(C)nn(Cc3ccc(C)cc3)c2Cl)cc(OC)c1OC. The van der Waals surface area contributed by atoms with Crippen molar-refractivity contribution in [3.05, 3.63) is 63.9 Å². The number of halogens is 1. The number of methoxy groups -OCH3 is 3. The Morgan fingerprint density at radius 1 is 1.00 bits per heavy atom. The number of esters is 1. The fourth-order valence-electron chi connectivity index (χ4n) is 3.31. The third-order valence-electron chi connectivity index (χ3n) is 5.01. The van der Waals surface area contributed by atoms with E-state index in [-0.39, 0.29) is 10.7 Å². The van der Waals surface area contributed by atoms with Gasteiger partial charge in [-0.05, 0) is 19.4 Å². The first-order valence-corrected chi connectivity index (χ1v) is 10.7. The second kappa shape index (κ2) is 10.9. The van der Waals surface area contributed by atoms with E-state index in [4.69, 9.17) is 30.5 Å². The minimum absolute atomic E-state index is 0.120. The first-order valence-electron chi connectivity index (χ1n) is 10.3. The van der Waals surface area contributed by atoms with Gasteiger partial charge in [0.05, 0.1) is 33.6 Å². The molecule has 1 aromatic heterocycles. The molecule has 0 saturated carbocycles. The summed E-state index contributed by atoms with van der Waals surface area (Å²) in [7, 11) is 4.42. The van der Waals surface area contributed by atoms with E-state index in [9.17, 15) is 9.59 Å². The summed E-state index contributed by atoms with van der Waals surface area (Å²) in [6.45, 7) is 3.54. The summed E-state index contributed by atoms with van der Waals surface area (Å²) in [6.07, 6.45) is 0. The van der Waals surface area contributed by atoms with E-state index >= 15 is 0 Å². The van der Waals surface area contributed by atoms with Crippen LogP contribution in [0.1, 0.15) is 27.2 Å². The Morgan fingerprint density at radius 2 is 1.62 bits per heavy atom. The van der Waals surface area contributed by atoms with Crippen molar-refractivity contribution in [2.24, 2.45) is 0 Å².